The number of hydrogen-bond acceptors (Lipinski definition) is 6. The molecule has 0 amide bonds. The Kier molecular flexibility index (Phi) is 4.42. The van der Waals surface area contributed by atoms with Crippen molar-refractivity contribution >= 4 is 24.6 Å². The van der Waals surface area contributed by atoms with E-state index in [0.717, 1.165) is 0 Å². The summed E-state index contributed by atoms with van der Waals surface area (Å²) in [6.07, 6.45) is 3.42. The minimum atomic E-state index is -0.457. The molecule has 0 saturated heterocycles. The average Bonchev–Trinajstić information content (AvgIpc) is 2.35. The first-order chi connectivity index (χ1) is 7.62. The first-order valence-corrected chi connectivity index (χ1v) is 5.20. The minimum Gasteiger partial charge on any atom is -0.466 e. The minimum absolute atomic E-state index is 0.212. The first kappa shape index (κ1) is 12.6. The molecule has 5 nitrogen and oxygen atoms in total. The molecule has 0 bridgehead atoms. The van der Waals surface area contributed by atoms with Crippen molar-refractivity contribution in [2.24, 2.45) is 0 Å². The number of nitrogens with zero attached hydrogens (tertiary/aromatic N) is 1. The highest BCUT2D eigenvalue weighted by atomic mass is 32.1. The van der Waals surface area contributed by atoms with Gasteiger partial charge in [0.1, 0.15) is 0 Å². The number of methoxy groups -OCH3 is 2. The van der Waals surface area contributed by atoms with Gasteiger partial charge >= 0.3 is 11.9 Å². The zero-order valence-electron chi connectivity index (χ0n) is 9.10. The predicted molar refractivity (Wildman–Crippen MR) is 60.5 cm³/mol. The van der Waals surface area contributed by atoms with Crippen molar-refractivity contribution in [1.29, 1.82) is 0 Å². The number of rotatable bonds is 3. The third-order valence-corrected chi connectivity index (χ3v) is 2.41. The highest BCUT2D eigenvalue weighted by Crippen LogP contribution is 2.21. The van der Waals surface area contributed by atoms with Crippen LogP contribution in [0.25, 0.3) is 0 Å². The number of hydrogen-bond donors (Lipinski definition) is 1. The summed E-state index contributed by atoms with van der Waals surface area (Å²) in [5.74, 6) is -0.552. The SMILES string of the molecule is COC(=O)C1=CN(CS)C=C(C(=O)OC)C1. The molecule has 0 aromatic heterocycles. The second-order valence-corrected chi connectivity index (χ2v) is 3.41. The molecule has 0 N–H and O–H groups in total. The molecule has 0 radical (unpaired) electrons. The maximum Gasteiger partial charge on any atom is 0.335 e. The van der Waals surface area contributed by atoms with E-state index in [2.05, 4.69) is 22.1 Å². The van der Waals surface area contributed by atoms with Crippen LogP contribution in [-0.4, -0.2) is 36.9 Å². The van der Waals surface area contributed by atoms with Crippen LogP contribution in [0.1, 0.15) is 6.42 Å². The Morgan fingerprint density at radius 2 is 1.69 bits per heavy atom. The monoisotopic (exact) mass is 243 g/mol. The van der Waals surface area contributed by atoms with E-state index >= 15 is 0 Å². The van der Waals surface area contributed by atoms with Crippen molar-refractivity contribution in [3.8, 4) is 0 Å². The fraction of sp³-hybridized carbons (Fsp3) is 0.400. The van der Waals surface area contributed by atoms with Crippen LogP contribution in [0, 0.1) is 0 Å². The number of ether oxygens (including phenoxy) is 2. The zero-order chi connectivity index (χ0) is 12.1. The van der Waals surface area contributed by atoms with Gasteiger partial charge in [-0.1, -0.05) is 0 Å². The Bertz CT molecular complexity index is 330. The molecule has 88 valence electrons. The van der Waals surface area contributed by atoms with Crippen LogP contribution in [0.5, 0.6) is 0 Å². The molecule has 0 atom stereocenters. The summed E-state index contributed by atoms with van der Waals surface area (Å²) >= 11 is 4.07. The van der Waals surface area contributed by atoms with Gasteiger partial charge in [-0.2, -0.15) is 12.6 Å². The van der Waals surface area contributed by atoms with Crippen molar-refractivity contribution in [3.05, 3.63) is 23.5 Å². The van der Waals surface area contributed by atoms with E-state index in [9.17, 15) is 9.59 Å². The van der Waals surface area contributed by atoms with Gasteiger partial charge in [0, 0.05) is 18.8 Å². The van der Waals surface area contributed by atoms with E-state index in [0.29, 0.717) is 17.0 Å². The lowest BCUT2D eigenvalue weighted by Crippen LogP contribution is -2.21. The maximum atomic E-state index is 11.4. The number of carbonyl (C=O) groups excluding carboxylic acids is 2. The van der Waals surface area contributed by atoms with E-state index < -0.39 is 11.9 Å². The van der Waals surface area contributed by atoms with Crippen LogP contribution < -0.4 is 0 Å². The van der Waals surface area contributed by atoms with Crippen LogP contribution in [0.15, 0.2) is 23.5 Å². The third-order valence-electron chi connectivity index (χ3n) is 2.08. The molecule has 1 aliphatic rings. The summed E-state index contributed by atoms with van der Waals surface area (Å²) in [5.41, 5.74) is 0.805. The largest absolute Gasteiger partial charge is 0.466 e. The zero-order valence-corrected chi connectivity index (χ0v) is 9.99. The molecule has 6 heteroatoms. The van der Waals surface area contributed by atoms with Gasteiger partial charge in [-0.15, -0.1) is 0 Å². The van der Waals surface area contributed by atoms with Crippen LogP contribution in [-0.2, 0) is 19.1 Å². The molecule has 0 aliphatic carbocycles. The van der Waals surface area contributed by atoms with Crippen molar-refractivity contribution < 1.29 is 19.1 Å². The normalized spacial score (nSPS) is 15.1. The van der Waals surface area contributed by atoms with Crippen molar-refractivity contribution in [2.75, 3.05) is 20.1 Å². The van der Waals surface area contributed by atoms with E-state index in [1.54, 1.807) is 17.3 Å². The summed E-state index contributed by atoms with van der Waals surface area (Å²) < 4.78 is 9.21. The van der Waals surface area contributed by atoms with Crippen LogP contribution in [0.3, 0.4) is 0 Å². The summed E-state index contributed by atoms with van der Waals surface area (Å²) in [5, 5.41) is 0. The number of esters is 2. The van der Waals surface area contributed by atoms with Gasteiger partial charge in [-0.05, 0) is 0 Å². The van der Waals surface area contributed by atoms with Gasteiger partial charge in [0.15, 0.2) is 0 Å². The predicted octanol–water partition coefficient (Wildman–Crippen LogP) is 0.693. The van der Waals surface area contributed by atoms with Crippen LogP contribution >= 0.6 is 12.6 Å². The summed E-state index contributed by atoms with van der Waals surface area (Å²) in [6.45, 7) is 0. The highest BCUT2D eigenvalue weighted by Gasteiger charge is 2.22. The Morgan fingerprint density at radius 1 is 1.25 bits per heavy atom. The third kappa shape index (κ3) is 2.79. The topological polar surface area (TPSA) is 55.8 Å². The van der Waals surface area contributed by atoms with E-state index in [-0.39, 0.29) is 6.42 Å². The van der Waals surface area contributed by atoms with Gasteiger partial charge in [-0.3, -0.25) is 0 Å². The van der Waals surface area contributed by atoms with Gasteiger partial charge in [-0.25, -0.2) is 9.59 Å². The van der Waals surface area contributed by atoms with Crippen LogP contribution in [0.2, 0.25) is 0 Å². The summed E-state index contributed by atoms with van der Waals surface area (Å²) in [7, 11) is 2.59. The summed E-state index contributed by atoms with van der Waals surface area (Å²) in [4.78, 5) is 24.3. The van der Waals surface area contributed by atoms with Gasteiger partial charge < -0.3 is 14.4 Å². The first-order valence-electron chi connectivity index (χ1n) is 4.57. The fourth-order valence-electron chi connectivity index (χ4n) is 1.33. The number of thiol groups is 1. The molecule has 0 fully saturated rings. The molecule has 0 unspecified atom stereocenters. The van der Waals surface area contributed by atoms with E-state index in [1.165, 1.54) is 14.2 Å². The quantitative estimate of drug-likeness (QED) is 0.584. The van der Waals surface area contributed by atoms with E-state index in [4.69, 9.17) is 0 Å². The van der Waals surface area contributed by atoms with Crippen molar-refractivity contribution in [3.63, 3.8) is 0 Å². The van der Waals surface area contributed by atoms with Crippen molar-refractivity contribution in [2.45, 2.75) is 6.42 Å². The molecular weight excluding hydrogens is 230 g/mol. The molecule has 1 rings (SSSR count). The van der Waals surface area contributed by atoms with Gasteiger partial charge in [0.2, 0.25) is 0 Å². The fourth-order valence-corrected chi connectivity index (χ4v) is 1.49. The smallest absolute Gasteiger partial charge is 0.335 e. The summed E-state index contributed by atoms with van der Waals surface area (Å²) in [6, 6.07) is 0. The highest BCUT2D eigenvalue weighted by molar-refractivity contribution is 7.80. The molecule has 0 spiro atoms. The Labute approximate surface area is 99.1 Å². The van der Waals surface area contributed by atoms with Gasteiger partial charge in [0.05, 0.1) is 31.2 Å². The number of carbonyl (C=O) groups is 2. The second kappa shape index (κ2) is 5.60. The molecule has 16 heavy (non-hydrogen) atoms. The molecule has 0 aromatic carbocycles. The maximum absolute atomic E-state index is 11.4. The van der Waals surface area contributed by atoms with Crippen LogP contribution in [0.4, 0.5) is 0 Å². The Morgan fingerprint density at radius 3 is 2.00 bits per heavy atom. The lowest BCUT2D eigenvalue weighted by atomic mass is 10.0. The molecule has 0 aromatic rings. The molecule has 0 saturated carbocycles. The second-order valence-electron chi connectivity index (χ2n) is 3.12. The van der Waals surface area contributed by atoms with Gasteiger partial charge in [0.25, 0.3) is 0 Å². The average molecular weight is 243 g/mol. The lowest BCUT2D eigenvalue weighted by molar-refractivity contribution is -0.136. The molecule has 1 aliphatic heterocycles. The Balaban J connectivity index is 2.90. The molecular formula is C10H13NO4S. The Hall–Kier alpha value is -1.43. The van der Waals surface area contributed by atoms with E-state index in [1.807, 2.05) is 0 Å². The standard InChI is InChI=1S/C10H13NO4S/c1-14-9(12)7-3-8(10(13)15-2)5-11(4-7)6-16/h4-5,16H,3,6H2,1-2H3. The lowest BCUT2D eigenvalue weighted by Gasteiger charge is -2.21. The molecule has 1 heterocycles. The van der Waals surface area contributed by atoms with Crippen molar-refractivity contribution in [1.82, 2.24) is 4.90 Å².